The van der Waals surface area contributed by atoms with E-state index < -0.39 is 9.84 Å². The Bertz CT molecular complexity index is 961. The predicted octanol–water partition coefficient (Wildman–Crippen LogP) is 1.75. The molecule has 6 nitrogen and oxygen atoms in total. The van der Waals surface area contributed by atoms with E-state index in [4.69, 9.17) is 4.74 Å². The normalized spacial score (nSPS) is 24.2. The summed E-state index contributed by atoms with van der Waals surface area (Å²) < 4.78 is 30.1. The van der Waals surface area contributed by atoms with Gasteiger partial charge in [0.2, 0.25) is 5.91 Å². The number of nitrogens with zero attached hydrogens (tertiary/aromatic N) is 2. The van der Waals surface area contributed by atoms with Crippen LogP contribution in [0.2, 0.25) is 0 Å². The maximum Gasteiger partial charge on any atom is 0.241 e. The Balaban J connectivity index is 1.56. The average Bonchev–Trinajstić information content (AvgIpc) is 3.01. The van der Waals surface area contributed by atoms with Crippen molar-refractivity contribution in [2.24, 2.45) is 0 Å². The number of benzene rings is 2. The van der Waals surface area contributed by atoms with E-state index in [1.54, 1.807) is 12.0 Å². The Hall–Kier alpha value is -2.38. The highest BCUT2D eigenvalue weighted by Crippen LogP contribution is 2.31. The second-order valence-electron chi connectivity index (χ2n) is 7.38. The van der Waals surface area contributed by atoms with Crippen LogP contribution in [0.15, 0.2) is 54.6 Å². The molecule has 2 fully saturated rings. The Kier molecular flexibility index (Phi) is 5.12. The molecular formula is C21H24N2O4S. The third kappa shape index (κ3) is 3.77. The standard InChI is InChI=1S/C21H24N2O4S/c1-27-18-9-5-6-16(12-18)10-11-22-13-21(24)23(17-7-3-2-4-8-17)20-15-28(25,26)14-19(20)22/h2-9,12,19-20H,10-11,13-15H2,1H3/t19-,20-/m0/s1. The van der Waals surface area contributed by atoms with Gasteiger partial charge in [0.15, 0.2) is 9.84 Å². The first-order valence-corrected chi connectivity index (χ1v) is 11.2. The average molecular weight is 401 g/mol. The summed E-state index contributed by atoms with van der Waals surface area (Å²) in [7, 11) is -1.54. The number of rotatable bonds is 5. The van der Waals surface area contributed by atoms with Crippen LogP contribution in [0.25, 0.3) is 0 Å². The highest BCUT2D eigenvalue weighted by molar-refractivity contribution is 7.91. The molecule has 2 heterocycles. The largest absolute Gasteiger partial charge is 0.497 e. The molecule has 7 heteroatoms. The van der Waals surface area contributed by atoms with Crippen LogP contribution in [-0.2, 0) is 21.1 Å². The molecule has 2 aromatic rings. The molecule has 28 heavy (non-hydrogen) atoms. The first-order chi connectivity index (χ1) is 13.5. The number of hydrogen-bond acceptors (Lipinski definition) is 5. The lowest BCUT2D eigenvalue weighted by Gasteiger charge is -2.43. The number of hydrogen-bond donors (Lipinski definition) is 0. The molecular weight excluding hydrogens is 376 g/mol. The summed E-state index contributed by atoms with van der Waals surface area (Å²) in [5.41, 5.74) is 1.88. The maximum absolute atomic E-state index is 12.9. The van der Waals surface area contributed by atoms with Crippen molar-refractivity contribution in [2.75, 3.05) is 36.6 Å². The molecule has 148 valence electrons. The molecule has 0 aromatic heterocycles. The lowest BCUT2D eigenvalue weighted by molar-refractivity contribution is -0.123. The molecule has 2 saturated heterocycles. The number of fused-ring (bicyclic) bond motifs is 1. The van der Waals surface area contributed by atoms with E-state index in [1.807, 2.05) is 59.5 Å². The number of sulfone groups is 1. The lowest BCUT2D eigenvalue weighted by atomic mass is 10.0. The topological polar surface area (TPSA) is 66.9 Å². The van der Waals surface area contributed by atoms with Crippen LogP contribution < -0.4 is 9.64 Å². The van der Waals surface area contributed by atoms with Crippen LogP contribution in [0, 0.1) is 0 Å². The van der Waals surface area contributed by atoms with Crippen LogP contribution in [0.5, 0.6) is 5.75 Å². The molecule has 0 saturated carbocycles. The van der Waals surface area contributed by atoms with Crippen LogP contribution in [0.3, 0.4) is 0 Å². The molecule has 2 aliphatic rings. The molecule has 2 aromatic carbocycles. The summed E-state index contributed by atoms with van der Waals surface area (Å²) >= 11 is 0. The fourth-order valence-corrected chi connectivity index (χ4v) is 6.21. The molecule has 0 aliphatic carbocycles. The number of ether oxygens (including phenoxy) is 1. The summed E-state index contributed by atoms with van der Waals surface area (Å²) in [5.74, 6) is 0.874. The van der Waals surface area contributed by atoms with E-state index in [1.165, 1.54) is 0 Å². The molecule has 0 radical (unpaired) electrons. The maximum atomic E-state index is 12.9. The van der Waals surface area contributed by atoms with Gasteiger partial charge >= 0.3 is 0 Å². The van der Waals surface area contributed by atoms with Crippen LogP contribution in [0.4, 0.5) is 5.69 Å². The van der Waals surface area contributed by atoms with Crippen LogP contribution >= 0.6 is 0 Å². The van der Waals surface area contributed by atoms with E-state index in [2.05, 4.69) is 0 Å². The zero-order valence-corrected chi connectivity index (χ0v) is 16.6. The number of methoxy groups -OCH3 is 1. The van der Waals surface area contributed by atoms with Gasteiger partial charge in [-0.3, -0.25) is 9.69 Å². The fraction of sp³-hybridized carbons (Fsp3) is 0.381. The van der Waals surface area contributed by atoms with Gasteiger partial charge in [0, 0.05) is 18.3 Å². The molecule has 4 rings (SSSR count). The van der Waals surface area contributed by atoms with Gasteiger partial charge in [-0.2, -0.15) is 0 Å². The van der Waals surface area contributed by atoms with Crippen molar-refractivity contribution in [1.82, 2.24) is 4.90 Å². The molecule has 0 N–H and O–H groups in total. The van der Waals surface area contributed by atoms with Gasteiger partial charge in [-0.1, -0.05) is 30.3 Å². The van der Waals surface area contributed by atoms with Crippen molar-refractivity contribution in [3.05, 3.63) is 60.2 Å². The van der Waals surface area contributed by atoms with E-state index in [-0.39, 0.29) is 36.0 Å². The number of amides is 1. The summed E-state index contributed by atoms with van der Waals surface area (Å²) in [4.78, 5) is 16.7. The van der Waals surface area contributed by atoms with Gasteiger partial charge in [-0.25, -0.2) is 8.42 Å². The molecule has 0 bridgehead atoms. The molecule has 0 unspecified atom stereocenters. The van der Waals surface area contributed by atoms with Gasteiger partial charge < -0.3 is 9.64 Å². The van der Waals surface area contributed by atoms with Crippen LogP contribution in [0.1, 0.15) is 5.56 Å². The van der Waals surface area contributed by atoms with Crippen molar-refractivity contribution < 1.29 is 17.9 Å². The van der Waals surface area contributed by atoms with Gasteiger partial charge in [0.1, 0.15) is 5.75 Å². The number of piperazine rings is 1. The highest BCUT2D eigenvalue weighted by Gasteiger charge is 2.49. The molecule has 1 amide bonds. The molecule has 0 spiro atoms. The quantitative estimate of drug-likeness (QED) is 0.765. The third-order valence-corrected chi connectivity index (χ3v) is 7.26. The van der Waals surface area contributed by atoms with Gasteiger partial charge in [-0.15, -0.1) is 0 Å². The smallest absolute Gasteiger partial charge is 0.241 e. The van der Waals surface area contributed by atoms with E-state index in [0.29, 0.717) is 6.54 Å². The summed E-state index contributed by atoms with van der Waals surface area (Å²) in [6.07, 6.45) is 0.735. The SMILES string of the molecule is COc1cccc(CCN2CC(=O)N(c3ccccc3)[C@H]3CS(=O)(=O)C[C@@H]32)c1. The highest BCUT2D eigenvalue weighted by atomic mass is 32.2. The van der Waals surface area contributed by atoms with E-state index in [0.717, 1.165) is 23.4 Å². The first-order valence-electron chi connectivity index (χ1n) is 9.41. The van der Waals surface area contributed by atoms with Crippen molar-refractivity contribution in [1.29, 1.82) is 0 Å². The number of para-hydroxylation sites is 1. The first kappa shape index (κ1) is 19.0. The van der Waals surface area contributed by atoms with Gasteiger partial charge in [-0.05, 0) is 36.2 Å². The van der Waals surface area contributed by atoms with Crippen molar-refractivity contribution >= 4 is 21.4 Å². The summed E-state index contributed by atoms with van der Waals surface area (Å²) in [5, 5.41) is 0. The van der Waals surface area contributed by atoms with Gasteiger partial charge in [0.25, 0.3) is 0 Å². The predicted molar refractivity (Wildman–Crippen MR) is 108 cm³/mol. The van der Waals surface area contributed by atoms with E-state index >= 15 is 0 Å². The fourth-order valence-electron chi connectivity index (χ4n) is 4.23. The Morgan fingerprint density at radius 3 is 2.54 bits per heavy atom. The second kappa shape index (κ2) is 7.56. The lowest BCUT2D eigenvalue weighted by Crippen LogP contribution is -2.62. The number of carbonyl (C=O) groups is 1. The van der Waals surface area contributed by atoms with E-state index in [9.17, 15) is 13.2 Å². The third-order valence-electron chi connectivity index (χ3n) is 5.56. The summed E-state index contributed by atoms with van der Waals surface area (Å²) in [6, 6.07) is 16.7. The minimum atomic E-state index is -3.18. The van der Waals surface area contributed by atoms with Gasteiger partial charge in [0.05, 0.1) is 31.2 Å². The van der Waals surface area contributed by atoms with Crippen molar-refractivity contribution in [2.45, 2.75) is 18.5 Å². The second-order valence-corrected chi connectivity index (χ2v) is 9.54. The molecule has 2 atom stereocenters. The zero-order chi connectivity index (χ0) is 19.7. The monoisotopic (exact) mass is 400 g/mol. The minimum Gasteiger partial charge on any atom is -0.497 e. The zero-order valence-electron chi connectivity index (χ0n) is 15.8. The number of anilines is 1. The van der Waals surface area contributed by atoms with Crippen LogP contribution in [-0.4, -0.2) is 63.0 Å². The number of carbonyl (C=O) groups excluding carboxylic acids is 1. The Morgan fingerprint density at radius 2 is 1.79 bits per heavy atom. The minimum absolute atomic E-state index is 0.0218. The molecule has 2 aliphatic heterocycles. The van der Waals surface area contributed by atoms with Crippen molar-refractivity contribution in [3.8, 4) is 5.75 Å². The Morgan fingerprint density at radius 1 is 1.04 bits per heavy atom. The Labute approximate surface area is 165 Å². The summed E-state index contributed by atoms with van der Waals surface area (Å²) in [6.45, 7) is 0.869. The van der Waals surface area contributed by atoms with Crippen molar-refractivity contribution in [3.63, 3.8) is 0 Å².